The van der Waals surface area contributed by atoms with E-state index in [1.54, 1.807) is 0 Å². The molecular weight excluding hydrogens is 306 g/mol. The van der Waals surface area contributed by atoms with Gasteiger partial charge in [0.15, 0.2) is 0 Å². The zero-order valence-electron chi connectivity index (χ0n) is 11.3. The molecule has 1 aromatic heterocycles. The number of nitrogens with one attached hydrogen (secondary N) is 1. The van der Waals surface area contributed by atoms with Crippen LogP contribution in [-0.2, 0) is 6.42 Å². The van der Waals surface area contributed by atoms with E-state index in [9.17, 15) is 0 Å². The van der Waals surface area contributed by atoms with E-state index in [-0.39, 0.29) is 0 Å². The summed E-state index contributed by atoms with van der Waals surface area (Å²) < 4.78 is 1.31. The highest BCUT2D eigenvalue weighted by atomic mass is 79.9. The molecule has 1 atom stereocenters. The van der Waals surface area contributed by atoms with E-state index in [0.29, 0.717) is 0 Å². The summed E-state index contributed by atoms with van der Waals surface area (Å²) in [5.74, 6) is 1.78. The first kappa shape index (κ1) is 14.5. The van der Waals surface area contributed by atoms with Gasteiger partial charge in [-0.3, -0.25) is 0 Å². The lowest BCUT2D eigenvalue weighted by Crippen LogP contribution is -2.29. The van der Waals surface area contributed by atoms with Gasteiger partial charge in [-0.2, -0.15) is 0 Å². The van der Waals surface area contributed by atoms with Crippen molar-refractivity contribution >= 4 is 27.3 Å². The molecule has 1 nitrogen and oxygen atoms in total. The maximum absolute atomic E-state index is 3.68. The van der Waals surface area contributed by atoms with E-state index in [1.165, 1.54) is 54.4 Å². The predicted octanol–water partition coefficient (Wildman–Crippen LogP) is 4.86. The fraction of sp³-hybridized carbons (Fsp3) is 0.733. The molecule has 3 heteroatoms. The van der Waals surface area contributed by atoms with Crippen LogP contribution in [0.1, 0.15) is 43.9 Å². The third-order valence-electron chi connectivity index (χ3n) is 4.04. The monoisotopic (exact) mass is 329 g/mol. The summed E-state index contributed by atoms with van der Waals surface area (Å²) in [6.45, 7) is 4.60. The van der Waals surface area contributed by atoms with Gasteiger partial charge in [-0.25, -0.2) is 0 Å². The van der Waals surface area contributed by atoms with Gasteiger partial charge in [-0.15, -0.1) is 11.3 Å². The maximum Gasteiger partial charge on any atom is 0.0314 e. The summed E-state index contributed by atoms with van der Waals surface area (Å²) in [7, 11) is 0. The Morgan fingerprint density at radius 3 is 2.83 bits per heavy atom. The summed E-state index contributed by atoms with van der Waals surface area (Å²) in [4.78, 5) is 1.53. The van der Waals surface area contributed by atoms with E-state index in [0.717, 1.165) is 18.4 Å². The van der Waals surface area contributed by atoms with E-state index < -0.39 is 0 Å². The van der Waals surface area contributed by atoms with Crippen LogP contribution in [0.25, 0.3) is 0 Å². The molecule has 0 aromatic carbocycles. The second kappa shape index (κ2) is 7.66. The van der Waals surface area contributed by atoms with Gasteiger partial charge in [-0.1, -0.05) is 32.6 Å². The molecule has 1 aliphatic carbocycles. The molecule has 0 bridgehead atoms. The molecule has 0 aliphatic heterocycles. The Balaban J connectivity index is 1.92. The minimum absolute atomic E-state index is 0.828. The summed E-state index contributed by atoms with van der Waals surface area (Å²) in [6.07, 6.45) is 8.27. The van der Waals surface area contributed by atoms with Crippen LogP contribution < -0.4 is 5.32 Å². The maximum atomic E-state index is 3.68. The first-order valence-electron chi connectivity index (χ1n) is 7.23. The van der Waals surface area contributed by atoms with Crippen LogP contribution in [0.4, 0.5) is 0 Å². The summed E-state index contributed by atoms with van der Waals surface area (Å²) in [5.41, 5.74) is 0. The number of thiophene rings is 1. The van der Waals surface area contributed by atoms with Crippen molar-refractivity contribution in [3.05, 3.63) is 20.8 Å². The van der Waals surface area contributed by atoms with Crippen LogP contribution in [0.15, 0.2) is 15.9 Å². The van der Waals surface area contributed by atoms with Crippen LogP contribution in [0, 0.1) is 11.8 Å². The van der Waals surface area contributed by atoms with Crippen molar-refractivity contribution in [1.82, 2.24) is 5.32 Å². The van der Waals surface area contributed by atoms with Gasteiger partial charge >= 0.3 is 0 Å². The van der Waals surface area contributed by atoms with Crippen LogP contribution >= 0.6 is 27.3 Å². The van der Waals surface area contributed by atoms with Gasteiger partial charge in [0.05, 0.1) is 0 Å². The highest BCUT2D eigenvalue weighted by Gasteiger charge is 2.25. The zero-order valence-corrected chi connectivity index (χ0v) is 13.7. The second-order valence-corrected chi connectivity index (χ2v) is 7.26. The fourth-order valence-corrected chi connectivity index (χ4v) is 4.62. The molecule has 1 saturated carbocycles. The third-order valence-corrected chi connectivity index (χ3v) is 5.99. The molecule has 0 saturated heterocycles. The Morgan fingerprint density at radius 2 is 2.22 bits per heavy atom. The Bertz CT molecular complexity index is 344. The minimum Gasteiger partial charge on any atom is -0.316 e. The van der Waals surface area contributed by atoms with E-state index in [2.05, 4.69) is 39.6 Å². The summed E-state index contributed by atoms with van der Waals surface area (Å²) in [6, 6.07) is 2.19. The van der Waals surface area contributed by atoms with Gasteiger partial charge in [-0.05, 0) is 65.1 Å². The lowest BCUT2D eigenvalue weighted by Gasteiger charge is -2.23. The van der Waals surface area contributed by atoms with Crippen molar-refractivity contribution in [3.63, 3.8) is 0 Å². The lowest BCUT2D eigenvalue weighted by atomic mass is 9.87. The Labute approximate surface area is 123 Å². The third kappa shape index (κ3) is 4.07. The molecular formula is C15H24BrNS. The van der Waals surface area contributed by atoms with Gasteiger partial charge in [0, 0.05) is 9.35 Å². The van der Waals surface area contributed by atoms with Crippen molar-refractivity contribution in [3.8, 4) is 0 Å². The molecule has 1 aliphatic rings. The van der Waals surface area contributed by atoms with Gasteiger partial charge in [0.25, 0.3) is 0 Å². The highest BCUT2D eigenvalue weighted by Crippen LogP contribution is 2.35. The molecule has 0 amide bonds. The van der Waals surface area contributed by atoms with E-state index >= 15 is 0 Å². The lowest BCUT2D eigenvalue weighted by molar-refractivity contribution is 0.322. The van der Waals surface area contributed by atoms with Crippen molar-refractivity contribution in [2.45, 2.75) is 45.4 Å². The summed E-state index contributed by atoms with van der Waals surface area (Å²) in [5, 5.41) is 5.83. The molecule has 1 heterocycles. The predicted molar refractivity (Wildman–Crippen MR) is 84.3 cm³/mol. The van der Waals surface area contributed by atoms with E-state index in [4.69, 9.17) is 0 Å². The molecule has 1 aromatic rings. The largest absolute Gasteiger partial charge is 0.316 e. The number of halogens is 1. The average molecular weight is 330 g/mol. The Kier molecular flexibility index (Phi) is 6.19. The van der Waals surface area contributed by atoms with Crippen LogP contribution in [0.2, 0.25) is 0 Å². The molecule has 2 rings (SSSR count). The topological polar surface area (TPSA) is 12.0 Å². The van der Waals surface area contributed by atoms with Crippen molar-refractivity contribution in [1.29, 1.82) is 0 Å². The molecule has 0 spiro atoms. The van der Waals surface area contributed by atoms with Crippen LogP contribution in [-0.4, -0.2) is 13.1 Å². The number of hydrogen-bond donors (Lipinski definition) is 1. The molecule has 1 fully saturated rings. The molecule has 0 radical (unpaired) electrons. The fourth-order valence-electron chi connectivity index (χ4n) is 3.01. The first-order valence-corrected chi connectivity index (χ1v) is 8.91. The van der Waals surface area contributed by atoms with Crippen molar-refractivity contribution < 1.29 is 0 Å². The molecule has 102 valence electrons. The van der Waals surface area contributed by atoms with E-state index in [1.807, 2.05) is 11.3 Å². The molecule has 1 unspecified atom stereocenters. The Hall–Kier alpha value is 0.140. The Morgan fingerprint density at radius 1 is 1.44 bits per heavy atom. The van der Waals surface area contributed by atoms with Crippen LogP contribution in [0.3, 0.4) is 0 Å². The standard InChI is InChI=1S/C15H24BrNS/c1-2-8-17-11-13(12-5-3-4-6-12)10-15-14(16)7-9-18-15/h7,9,12-13,17H,2-6,8,10-11H2,1H3. The van der Waals surface area contributed by atoms with Crippen molar-refractivity contribution in [2.24, 2.45) is 11.8 Å². The van der Waals surface area contributed by atoms with Gasteiger partial charge in [0.2, 0.25) is 0 Å². The van der Waals surface area contributed by atoms with Crippen molar-refractivity contribution in [2.75, 3.05) is 13.1 Å². The minimum atomic E-state index is 0.828. The SMILES string of the molecule is CCCNCC(Cc1sccc1Br)C1CCCC1. The average Bonchev–Trinajstić information content (AvgIpc) is 3.00. The number of hydrogen-bond acceptors (Lipinski definition) is 2. The highest BCUT2D eigenvalue weighted by molar-refractivity contribution is 9.10. The molecule has 18 heavy (non-hydrogen) atoms. The second-order valence-electron chi connectivity index (χ2n) is 5.40. The zero-order chi connectivity index (χ0) is 12.8. The van der Waals surface area contributed by atoms with Crippen LogP contribution in [0.5, 0.6) is 0 Å². The smallest absolute Gasteiger partial charge is 0.0314 e. The normalized spacial score (nSPS) is 18.3. The summed E-state index contributed by atoms with van der Waals surface area (Å²) >= 11 is 5.58. The molecule has 1 N–H and O–H groups in total. The quantitative estimate of drug-likeness (QED) is 0.704. The van der Waals surface area contributed by atoms with Gasteiger partial charge in [0.1, 0.15) is 0 Å². The number of rotatable bonds is 7. The van der Waals surface area contributed by atoms with Gasteiger partial charge < -0.3 is 5.32 Å². The first-order chi connectivity index (χ1) is 8.81.